The van der Waals surface area contributed by atoms with Crippen LogP contribution in [0.25, 0.3) is 0 Å². The Morgan fingerprint density at radius 3 is 2.08 bits per heavy atom. The summed E-state index contributed by atoms with van der Waals surface area (Å²) in [5, 5.41) is 17.7. The molecule has 0 spiro atoms. The largest absolute Gasteiger partial charge is 0.451 e. The van der Waals surface area contributed by atoms with E-state index in [4.69, 9.17) is 10.0 Å². The van der Waals surface area contributed by atoms with Gasteiger partial charge in [-0.1, -0.05) is 26.7 Å². The average Bonchev–Trinajstić information content (AvgIpc) is 2.04. The van der Waals surface area contributed by atoms with E-state index in [1.54, 1.807) is 0 Å². The van der Waals surface area contributed by atoms with Gasteiger partial charge in [-0.25, -0.2) is 0 Å². The molecule has 0 atom stereocenters. The summed E-state index contributed by atoms with van der Waals surface area (Å²) in [6.45, 7) is 4.57. The zero-order valence-electron chi connectivity index (χ0n) is 8.74. The van der Waals surface area contributed by atoms with Gasteiger partial charge in [0.05, 0.1) is 0 Å². The van der Waals surface area contributed by atoms with E-state index in [2.05, 4.69) is 13.8 Å². The quantitative estimate of drug-likeness (QED) is 0.658. The van der Waals surface area contributed by atoms with Gasteiger partial charge in [0.25, 0.3) is 0 Å². The molecule has 0 aliphatic heterocycles. The zero-order valence-corrected chi connectivity index (χ0v) is 8.74. The standard InChI is InChI=1S/C10H21BO2/c1-8(2)10-5-3-9(4-6-10)7-11(12)13/h8-10,12-13H,3-7H2,1-2H3. The second-order valence-corrected chi connectivity index (χ2v) is 4.74. The van der Waals surface area contributed by atoms with E-state index < -0.39 is 7.12 Å². The molecule has 0 heterocycles. The van der Waals surface area contributed by atoms with Crippen LogP contribution in [-0.2, 0) is 0 Å². The number of hydrogen-bond acceptors (Lipinski definition) is 2. The van der Waals surface area contributed by atoms with Crippen molar-refractivity contribution in [1.82, 2.24) is 0 Å². The molecule has 0 saturated heterocycles. The highest BCUT2D eigenvalue weighted by molar-refractivity contribution is 6.41. The van der Waals surface area contributed by atoms with Crippen LogP contribution in [0.4, 0.5) is 0 Å². The maximum absolute atomic E-state index is 8.84. The molecule has 2 nitrogen and oxygen atoms in total. The Morgan fingerprint density at radius 1 is 1.15 bits per heavy atom. The monoisotopic (exact) mass is 184 g/mol. The van der Waals surface area contributed by atoms with Crippen molar-refractivity contribution < 1.29 is 10.0 Å². The Morgan fingerprint density at radius 2 is 1.69 bits per heavy atom. The van der Waals surface area contributed by atoms with Gasteiger partial charge in [0, 0.05) is 0 Å². The first-order chi connectivity index (χ1) is 6.09. The van der Waals surface area contributed by atoms with Crippen molar-refractivity contribution in [2.24, 2.45) is 17.8 Å². The van der Waals surface area contributed by atoms with Crippen molar-refractivity contribution in [1.29, 1.82) is 0 Å². The summed E-state index contributed by atoms with van der Waals surface area (Å²) in [6.07, 6.45) is 5.48. The van der Waals surface area contributed by atoms with Gasteiger partial charge in [-0.3, -0.25) is 0 Å². The molecule has 13 heavy (non-hydrogen) atoms. The molecule has 0 radical (unpaired) electrons. The first-order valence-electron chi connectivity index (χ1n) is 5.45. The van der Waals surface area contributed by atoms with E-state index in [1.165, 1.54) is 25.7 Å². The van der Waals surface area contributed by atoms with Crippen LogP contribution in [0, 0.1) is 17.8 Å². The Hall–Kier alpha value is -0.0151. The van der Waals surface area contributed by atoms with Crippen molar-refractivity contribution in [3.63, 3.8) is 0 Å². The van der Waals surface area contributed by atoms with Gasteiger partial charge in [0.15, 0.2) is 0 Å². The highest BCUT2D eigenvalue weighted by Crippen LogP contribution is 2.34. The molecule has 1 saturated carbocycles. The molecular weight excluding hydrogens is 163 g/mol. The van der Waals surface area contributed by atoms with Gasteiger partial charge in [0.2, 0.25) is 0 Å². The van der Waals surface area contributed by atoms with Crippen LogP contribution >= 0.6 is 0 Å². The van der Waals surface area contributed by atoms with Crippen LogP contribution in [0.5, 0.6) is 0 Å². The molecule has 0 bridgehead atoms. The third-order valence-electron chi connectivity index (χ3n) is 3.38. The van der Waals surface area contributed by atoms with Gasteiger partial charge in [0.1, 0.15) is 0 Å². The second kappa shape index (κ2) is 5.01. The Balaban J connectivity index is 2.22. The van der Waals surface area contributed by atoms with Gasteiger partial charge in [-0.05, 0) is 36.9 Å². The van der Waals surface area contributed by atoms with E-state index in [-0.39, 0.29) is 0 Å². The van der Waals surface area contributed by atoms with Crippen LogP contribution in [0.2, 0.25) is 6.32 Å². The Labute approximate surface area is 81.5 Å². The molecule has 3 heteroatoms. The van der Waals surface area contributed by atoms with E-state index in [0.717, 1.165) is 11.8 Å². The third-order valence-corrected chi connectivity index (χ3v) is 3.38. The molecule has 0 aromatic heterocycles. The van der Waals surface area contributed by atoms with Crippen molar-refractivity contribution >= 4 is 7.12 Å². The molecule has 76 valence electrons. The number of hydrogen-bond donors (Lipinski definition) is 2. The molecule has 1 aliphatic rings. The summed E-state index contributed by atoms with van der Waals surface area (Å²) >= 11 is 0. The summed E-state index contributed by atoms with van der Waals surface area (Å²) < 4.78 is 0. The third kappa shape index (κ3) is 3.69. The average molecular weight is 184 g/mol. The lowest BCUT2D eigenvalue weighted by Crippen LogP contribution is -2.23. The number of rotatable bonds is 3. The normalized spacial score (nSPS) is 29.3. The summed E-state index contributed by atoms with van der Waals surface area (Å²) in [7, 11) is -1.10. The van der Waals surface area contributed by atoms with Crippen LogP contribution < -0.4 is 0 Å². The van der Waals surface area contributed by atoms with E-state index in [0.29, 0.717) is 12.2 Å². The van der Waals surface area contributed by atoms with Crippen LogP contribution in [0.15, 0.2) is 0 Å². The maximum Gasteiger partial charge on any atom is 0.451 e. The topological polar surface area (TPSA) is 40.5 Å². The lowest BCUT2D eigenvalue weighted by molar-refractivity contribution is 0.227. The van der Waals surface area contributed by atoms with Gasteiger partial charge < -0.3 is 10.0 Å². The molecule has 0 amide bonds. The van der Waals surface area contributed by atoms with E-state index >= 15 is 0 Å². The lowest BCUT2D eigenvalue weighted by Gasteiger charge is -2.30. The molecule has 0 aromatic rings. The predicted molar refractivity (Wildman–Crippen MR) is 55.3 cm³/mol. The van der Waals surface area contributed by atoms with Crippen LogP contribution in [0.3, 0.4) is 0 Å². The predicted octanol–water partition coefficient (Wildman–Crippen LogP) is 1.92. The molecular formula is C10H21BO2. The molecule has 2 N–H and O–H groups in total. The van der Waals surface area contributed by atoms with E-state index in [1.807, 2.05) is 0 Å². The first kappa shape index (κ1) is 11.1. The van der Waals surface area contributed by atoms with Gasteiger partial charge in [-0.15, -0.1) is 0 Å². The van der Waals surface area contributed by atoms with E-state index in [9.17, 15) is 0 Å². The minimum absolute atomic E-state index is 0.551. The highest BCUT2D eigenvalue weighted by Gasteiger charge is 2.25. The molecule has 0 aromatic carbocycles. The smallest absolute Gasteiger partial charge is 0.427 e. The van der Waals surface area contributed by atoms with Gasteiger partial charge in [-0.2, -0.15) is 0 Å². The van der Waals surface area contributed by atoms with Crippen LogP contribution in [0.1, 0.15) is 39.5 Å². The fourth-order valence-electron chi connectivity index (χ4n) is 2.39. The summed E-state index contributed by atoms with van der Waals surface area (Å²) in [5.74, 6) is 2.21. The van der Waals surface area contributed by atoms with Gasteiger partial charge >= 0.3 is 7.12 Å². The highest BCUT2D eigenvalue weighted by atomic mass is 16.4. The van der Waals surface area contributed by atoms with Crippen molar-refractivity contribution in [2.75, 3.05) is 0 Å². The second-order valence-electron chi connectivity index (χ2n) is 4.74. The summed E-state index contributed by atoms with van der Waals surface area (Å²) in [6, 6.07) is 0. The SMILES string of the molecule is CC(C)C1CCC(CB(O)O)CC1. The Bertz CT molecular complexity index is 140. The minimum Gasteiger partial charge on any atom is -0.427 e. The Kier molecular flexibility index (Phi) is 4.27. The summed E-state index contributed by atoms with van der Waals surface area (Å²) in [5.41, 5.74) is 0. The molecule has 1 rings (SSSR count). The van der Waals surface area contributed by atoms with Crippen molar-refractivity contribution in [2.45, 2.75) is 45.9 Å². The zero-order chi connectivity index (χ0) is 9.84. The van der Waals surface area contributed by atoms with Crippen molar-refractivity contribution in [3.8, 4) is 0 Å². The minimum atomic E-state index is -1.10. The maximum atomic E-state index is 8.84. The fourth-order valence-corrected chi connectivity index (χ4v) is 2.39. The summed E-state index contributed by atoms with van der Waals surface area (Å²) in [4.78, 5) is 0. The van der Waals surface area contributed by atoms with Crippen LogP contribution in [-0.4, -0.2) is 17.2 Å². The molecule has 1 fully saturated rings. The lowest BCUT2D eigenvalue weighted by atomic mass is 9.69. The molecule has 1 aliphatic carbocycles. The fraction of sp³-hybridized carbons (Fsp3) is 1.00. The first-order valence-corrected chi connectivity index (χ1v) is 5.45. The molecule has 0 unspecified atom stereocenters. The van der Waals surface area contributed by atoms with Crippen molar-refractivity contribution in [3.05, 3.63) is 0 Å².